The van der Waals surface area contributed by atoms with Gasteiger partial charge < -0.3 is 19.7 Å². The molecule has 2 amide bonds. The van der Waals surface area contributed by atoms with Gasteiger partial charge in [-0.05, 0) is 24.1 Å². The van der Waals surface area contributed by atoms with Crippen molar-refractivity contribution < 1.29 is 28.8 Å². The number of esters is 1. The van der Waals surface area contributed by atoms with E-state index in [1.807, 2.05) is 0 Å². The molecule has 0 radical (unpaired) electrons. The second-order valence-corrected chi connectivity index (χ2v) is 8.01. The summed E-state index contributed by atoms with van der Waals surface area (Å²) in [4.78, 5) is 47.6. The first-order chi connectivity index (χ1) is 13.9. The van der Waals surface area contributed by atoms with Gasteiger partial charge in [0.15, 0.2) is 0 Å². The van der Waals surface area contributed by atoms with Crippen LogP contribution in [0.5, 0.6) is 0 Å². The molecule has 0 bridgehead atoms. The van der Waals surface area contributed by atoms with E-state index in [4.69, 9.17) is 9.47 Å². The Morgan fingerprint density at radius 1 is 1.31 bits per heavy atom. The Morgan fingerprint density at radius 2 is 2.03 bits per heavy atom. The van der Waals surface area contributed by atoms with E-state index in [9.17, 15) is 24.5 Å². The lowest BCUT2D eigenvalue weighted by Crippen LogP contribution is -2.55. The Hall–Kier alpha value is -2.82. The summed E-state index contributed by atoms with van der Waals surface area (Å²) in [5.74, 6) is -0.0699. The molecule has 2 aliphatic rings. The van der Waals surface area contributed by atoms with Gasteiger partial charge in [-0.3, -0.25) is 14.9 Å². The molecule has 1 aromatic rings. The number of carbonyl (C=O) groups is 3. The molecule has 3 rings (SSSR count). The molecule has 2 heterocycles. The minimum Gasteiger partial charge on any atom is -0.459 e. The quantitative estimate of drug-likeness (QED) is 0.219. The van der Waals surface area contributed by atoms with Crippen molar-refractivity contribution in [2.24, 2.45) is 0 Å². The summed E-state index contributed by atoms with van der Waals surface area (Å²) in [6, 6.07) is 5.11. The number of nitrogens with one attached hydrogen (secondary N) is 1. The highest BCUT2D eigenvalue weighted by atomic mass is 32.2. The van der Waals surface area contributed by atoms with Crippen molar-refractivity contribution in [1.82, 2.24) is 10.2 Å². The topological polar surface area (TPSA) is 128 Å². The second-order valence-electron chi connectivity index (χ2n) is 6.67. The highest BCUT2D eigenvalue weighted by Crippen LogP contribution is 2.41. The average Bonchev–Trinajstić information content (AvgIpc) is 3.01. The van der Waals surface area contributed by atoms with E-state index < -0.39 is 23.0 Å². The van der Waals surface area contributed by atoms with E-state index in [2.05, 4.69) is 5.32 Å². The number of nitro benzene ring substituents is 1. The molecule has 1 aromatic carbocycles. The number of alkyl carbamates (subject to hydrolysis) is 1. The van der Waals surface area contributed by atoms with Gasteiger partial charge in [0.1, 0.15) is 19.3 Å². The van der Waals surface area contributed by atoms with E-state index in [-0.39, 0.29) is 36.1 Å². The number of hydrogen-bond donors (Lipinski definition) is 1. The summed E-state index contributed by atoms with van der Waals surface area (Å²) < 4.78 is 10.3. The zero-order valence-corrected chi connectivity index (χ0v) is 16.6. The van der Waals surface area contributed by atoms with Crippen LogP contribution in [0.25, 0.3) is 0 Å². The third-order valence-corrected chi connectivity index (χ3v) is 6.15. The fourth-order valence-electron chi connectivity index (χ4n) is 3.44. The van der Waals surface area contributed by atoms with Crippen molar-refractivity contribution in [2.75, 3.05) is 19.4 Å². The number of non-ortho nitro benzene ring substituents is 1. The monoisotopic (exact) mass is 423 g/mol. The van der Waals surface area contributed by atoms with Gasteiger partial charge in [-0.1, -0.05) is 0 Å². The lowest BCUT2D eigenvalue weighted by atomic mass is 10.0. The fraction of sp³-hybridized carbons (Fsp3) is 0.500. The van der Waals surface area contributed by atoms with Gasteiger partial charge in [0, 0.05) is 42.6 Å². The molecule has 29 heavy (non-hydrogen) atoms. The van der Waals surface area contributed by atoms with Gasteiger partial charge in [0.05, 0.1) is 4.92 Å². The number of amides is 2. The zero-order chi connectivity index (χ0) is 21.0. The van der Waals surface area contributed by atoms with Gasteiger partial charge in [-0.15, -0.1) is 0 Å². The SMILES string of the molecule is CNC(=O)OCCS[C@H]1CC2CC(=O)N2[C@@H]1C(=O)OCc1ccc([N+](=O)[O-])cc1. The number of benzene rings is 1. The maximum atomic E-state index is 12.7. The smallest absolute Gasteiger partial charge is 0.406 e. The van der Waals surface area contributed by atoms with Crippen molar-refractivity contribution in [3.8, 4) is 0 Å². The normalized spacial score (nSPS) is 22.4. The lowest BCUT2D eigenvalue weighted by Gasteiger charge is -2.37. The van der Waals surface area contributed by atoms with Crippen LogP contribution >= 0.6 is 11.8 Å². The molecule has 0 spiro atoms. The molecule has 0 aromatic heterocycles. The highest BCUT2D eigenvalue weighted by Gasteiger charge is 2.54. The molecule has 1 N–H and O–H groups in total. The van der Waals surface area contributed by atoms with Gasteiger partial charge in [-0.25, -0.2) is 9.59 Å². The summed E-state index contributed by atoms with van der Waals surface area (Å²) >= 11 is 1.47. The molecule has 1 unspecified atom stereocenters. The van der Waals surface area contributed by atoms with E-state index >= 15 is 0 Å². The molecular formula is C18H21N3O7S. The van der Waals surface area contributed by atoms with E-state index in [0.717, 1.165) is 0 Å². The van der Waals surface area contributed by atoms with Crippen molar-refractivity contribution in [2.45, 2.75) is 36.8 Å². The molecular weight excluding hydrogens is 402 g/mol. The fourth-order valence-corrected chi connectivity index (χ4v) is 4.70. The Balaban J connectivity index is 1.55. The molecule has 156 valence electrons. The van der Waals surface area contributed by atoms with E-state index in [1.54, 1.807) is 4.90 Å². The first kappa shape index (κ1) is 20.9. The number of thioether (sulfide) groups is 1. The molecule has 11 heteroatoms. The number of nitrogens with zero attached hydrogens (tertiary/aromatic N) is 2. The largest absolute Gasteiger partial charge is 0.459 e. The molecule has 0 aliphatic carbocycles. The summed E-state index contributed by atoms with van der Waals surface area (Å²) in [6.07, 6.45) is 0.598. The van der Waals surface area contributed by atoms with Crippen LogP contribution in [0.15, 0.2) is 24.3 Å². The third-order valence-electron chi connectivity index (χ3n) is 4.87. The van der Waals surface area contributed by atoms with Crippen LogP contribution in [0.4, 0.5) is 10.5 Å². The van der Waals surface area contributed by atoms with Crippen LogP contribution < -0.4 is 5.32 Å². The predicted octanol–water partition coefficient (Wildman–Crippen LogP) is 1.47. The van der Waals surface area contributed by atoms with Crippen LogP contribution in [0.2, 0.25) is 0 Å². The number of β-lactam (4-membered cyclic amide) rings is 1. The van der Waals surface area contributed by atoms with Crippen molar-refractivity contribution in [3.05, 3.63) is 39.9 Å². The average molecular weight is 423 g/mol. The number of hydrogen-bond acceptors (Lipinski definition) is 8. The van der Waals surface area contributed by atoms with E-state index in [1.165, 1.54) is 43.1 Å². The predicted molar refractivity (Wildman–Crippen MR) is 103 cm³/mol. The lowest BCUT2D eigenvalue weighted by molar-refractivity contribution is -0.384. The molecule has 10 nitrogen and oxygen atoms in total. The molecule has 2 saturated heterocycles. The van der Waals surface area contributed by atoms with Gasteiger partial charge >= 0.3 is 12.1 Å². The maximum absolute atomic E-state index is 12.7. The van der Waals surface area contributed by atoms with Crippen molar-refractivity contribution in [1.29, 1.82) is 0 Å². The zero-order valence-electron chi connectivity index (χ0n) is 15.7. The Bertz CT molecular complexity index is 801. The first-order valence-electron chi connectivity index (χ1n) is 9.08. The second kappa shape index (κ2) is 9.12. The van der Waals surface area contributed by atoms with E-state index in [0.29, 0.717) is 24.2 Å². The van der Waals surface area contributed by atoms with Crippen molar-refractivity contribution in [3.63, 3.8) is 0 Å². The van der Waals surface area contributed by atoms with Crippen LogP contribution in [0.1, 0.15) is 18.4 Å². The van der Waals surface area contributed by atoms with Crippen LogP contribution in [0, 0.1) is 10.1 Å². The molecule has 0 saturated carbocycles. The minimum atomic E-state index is -0.677. The van der Waals surface area contributed by atoms with Crippen LogP contribution in [-0.2, 0) is 25.7 Å². The van der Waals surface area contributed by atoms with Crippen molar-refractivity contribution >= 4 is 35.4 Å². The molecule has 2 fully saturated rings. The van der Waals surface area contributed by atoms with Gasteiger partial charge in [0.25, 0.3) is 5.69 Å². The summed E-state index contributed by atoms with van der Waals surface area (Å²) in [5, 5.41) is 12.9. The van der Waals surface area contributed by atoms with Gasteiger partial charge in [0.2, 0.25) is 5.91 Å². The number of ether oxygens (including phenoxy) is 2. The Labute approximate surface area is 171 Å². The summed E-state index contributed by atoms with van der Waals surface area (Å²) in [6.45, 7) is 0.168. The Morgan fingerprint density at radius 3 is 2.66 bits per heavy atom. The number of carbonyl (C=O) groups excluding carboxylic acids is 3. The maximum Gasteiger partial charge on any atom is 0.406 e. The number of nitro groups is 1. The Kier molecular flexibility index (Phi) is 6.57. The van der Waals surface area contributed by atoms with Crippen LogP contribution in [0.3, 0.4) is 0 Å². The number of fused-ring (bicyclic) bond motifs is 1. The van der Waals surface area contributed by atoms with Crippen LogP contribution in [-0.4, -0.2) is 64.5 Å². The first-order valence-corrected chi connectivity index (χ1v) is 10.1. The standard InChI is InChI=1S/C18H21N3O7S/c1-19-18(24)27-6-7-29-14-8-13-9-15(22)20(13)16(14)17(23)28-10-11-2-4-12(5-3-11)21(25)26/h2-5,13-14,16H,6-10H2,1H3,(H,19,24)/t13?,14-,16-/m0/s1. The molecule has 3 atom stereocenters. The third kappa shape index (κ3) is 4.78. The number of rotatable bonds is 8. The minimum absolute atomic E-state index is 0.0306. The summed E-state index contributed by atoms with van der Waals surface area (Å²) in [5.41, 5.74) is 0.580. The summed E-state index contributed by atoms with van der Waals surface area (Å²) in [7, 11) is 1.47. The molecule has 2 aliphatic heterocycles. The highest BCUT2D eigenvalue weighted by molar-refractivity contribution is 8.00. The van der Waals surface area contributed by atoms with Gasteiger partial charge in [-0.2, -0.15) is 11.8 Å².